The Hall–Kier alpha value is -3.28. The van der Waals surface area contributed by atoms with Gasteiger partial charge in [0.15, 0.2) is 0 Å². The molecule has 26 heavy (non-hydrogen) atoms. The molecule has 1 saturated heterocycles. The molecule has 0 bridgehead atoms. The van der Waals surface area contributed by atoms with Crippen LogP contribution < -0.4 is 5.32 Å². The molecule has 1 aliphatic heterocycles. The maximum atomic E-state index is 11.5. The molecule has 6 nitrogen and oxygen atoms in total. The van der Waals surface area contributed by atoms with Gasteiger partial charge in [0.25, 0.3) is 0 Å². The Morgan fingerprint density at radius 2 is 1.85 bits per heavy atom. The summed E-state index contributed by atoms with van der Waals surface area (Å²) in [7, 11) is 0. The van der Waals surface area contributed by atoms with E-state index in [1.165, 1.54) is 0 Å². The molecule has 0 saturated carbocycles. The van der Waals surface area contributed by atoms with Crippen LogP contribution in [0, 0.1) is 0 Å². The number of carbonyl (C=O) groups is 1. The molecule has 1 aliphatic rings. The van der Waals surface area contributed by atoms with Gasteiger partial charge < -0.3 is 15.0 Å². The Morgan fingerprint density at radius 3 is 2.58 bits per heavy atom. The molecule has 1 fully saturated rings. The molecule has 132 valence electrons. The Balaban J connectivity index is 1.33. The number of aromatic nitrogens is 2. The summed E-state index contributed by atoms with van der Waals surface area (Å²) in [5, 5.41) is 7.96. The number of ether oxygens (including phenoxy) is 1. The Bertz CT molecular complexity index is 874. The molecule has 0 unspecified atom stereocenters. The molecule has 3 aromatic rings. The number of para-hydroxylation sites is 1. The summed E-state index contributed by atoms with van der Waals surface area (Å²) in [6, 6.07) is 20.1. The second-order valence-corrected chi connectivity index (χ2v) is 6.17. The third-order valence-corrected chi connectivity index (χ3v) is 4.31. The van der Waals surface area contributed by atoms with Gasteiger partial charge in [-0.2, -0.15) is 5.10 Å². The average Bonchev–Trinajstić information content (AvgIpc) is 3.31. The number of benzene rings is 2. The van der Waals surface area contributed by atoms with E-state index in [1.807, 2.05) is 71.5 Å². The molecule has 0 atom stereocenters. The predicted octanol–water partition coefficient (Wildman–Crippen LogP) is 3.44. The normalized spacial score (nSPS) is 13.7. The van der Waals surface area contributed by atoms with Crippen molar-refractivity contribution in [2.45, 2.75) is 13.1 Å². The first-order valence-electron chi connectivity index (χ1n) is 8.62. The number of anilines is 1. The first-order chi connectivity index (χ1) is 12.8. The lowest BCUT2D eigenvalue weighted by Crippen LogP contribution is -2.23. The van der Waals surface area contributed by atoms with E-state index >= 15 is 0 Å². The van der Waals surface area contributed by atoms with Gasteiger partial charge in [-0.05, 0) is 35.9 Å². The molecule has 0 spiro atoms. The van der Waals surface area contributed by atoms with Crippen LogP contribution in [-0.2, 0) is 17.8 Å². The molecule has 1 amide bonds. The number of amides is 1. The van der Waals surface area contributed by atoms with Crippen molar-refractivity contribution in [3.63, 3.8) is 0 Å². The number of nitrogens with zero attached hydrogens (tertiary/aromatic N) is 3. The van der Waals surface area contributed by atoms with Crippen LogP contribution in [0.3, 0.4) is 0 Å². The number of hydrogen-bond donors (Lipinski definition) is 1. The summed E-state index contributed by atoms with van der Waals surface area (Å²) < 4.78 is 6.82. The molecule has 2 aromatic carbocycles. The van der Waals surface area contributed by atoms with Crippen LogP contribution in [0.25, 0.3) is 5.69 Å². The Morgan fingerprint density at radius 1 is 1.04 bits per heavy atom. The van der Waals surface area contributed by atoms with Gasteiger partial charge >= 0.3 is 6.09 Å². The SMILES string of the molecule is O=C1OCCN1Cc1ccc(NCc2ccn(-c3ccccc3)n2)cc1. The first-order valence-corrected chi connectivity index (χ1v) is 8.62. The zero-order chi connectivity index (χ0) is 17.8. The van der Waals surface area contributed by atoms with Crippen molar-refractivity contribution in [1.82, 2.24) is 14.7 Å². The molecule has 2 heterocycles. The minimum absolute atomic E-state index is 0.235. The highest BCUT2D eigenvalue weighted by atomic mass is 16.6. The van der Waals surface area contributed by atoms with Crippen LogP contribution in [0.15, 0.2) is 66.9 Å². The zero-order valence-electron chi connectivity index (χ0n) is 14.3. The van der Waals surface area contributed by atoms with E-state index in [9.17, 15) is 4.79 Å². The number of nitrogens with one attached hydrogen (secondary N) is 1. The number of hydrogen-bond acceptors (Lipinski definition) is 4. The first kappa shape index (κ1) is 16.2. The van der Waals surface area contributed by atoms with Gasteiger partial charge in [-0.1, -0.05) is 30.3 Å². The standard InChI is InChI=1S/C20H20N4O2/c25-20-23(12-13-26-20)15-16-6-8-17(9-7-16)21-14-18-10-11-24(22-18)19-4-2-1-3-5-19/h1-11,21H,12-15H2. The van der Waals surface area contributed by atoms with E-state index in [0.29, 0.717) is 26.2 Å². The van der Waals surface area contributed by atoms with Gasteiger partial charge in [0.05, 0.1) is 24.5 Å². The van der Waals surface area contributed by atoms with Gasteiger partial charge in [-0.15, -0.1) is 0 Å². The van der Waals surface area contributed by atoms with Crippen LogP contribution in [0.1, 0.15) is 11.3 Å². The second-order valence-electron chi connectivity index (χ2n) is 6.17. The molecule has 0 radical (unpaired) electrons. The topological polar surface area (TPSA) is 59.4 Å². The Labute approximate surface area is 152 Å². The van der Waals surface area contributed by atoms with Gasteiger partial charge in [-0.25, -0.2) is 9.48 Å². The molecule has 4 rings (SSSR count). The lowest BCUT2D eigenvalue weighted by atomic mass is 10.2. The minimum atomic E-state index is -0.235. The fourth-order valence-electron chi connectivity index (χ4n) is 2.89. The average molecular weight is 348 g/mol. The third kappa shape index (κ3) is 3.69. The van der Waals surface area contributed by atoms with Gasteiger partial charge in [0.1, 0.15) is 6.61 Å². The summed E-state index contributed by atoms with van der Waals surface area (Å²) >= 11 is 0. The van der Waals surface area contributed by atoms with E-state index in [-0.39, 0.29) is 6.09 Å². The maximum Gasteiger partial charge on any atom is 0.410 e. The number of carbonyl (C=O) groups excluding carboxylic acids is 1. The summed E-state index contributed by atoms with van der Waals surface area (Å²) in [5.41, 5.74) is 4.12. The van der Waals surface area contributed by atoms with Gasteiger partial charge in [0.2, 0.25) is 0 Å². The van der Waals surface area contributed by atoms with Crippen LogP contribution >= 0.6 is 0 Å². The molecule has 0 aliphatic carbocycles. The fourth-order valence-corrected chi connectivity index (χ4v) is 2.89. The van der Waals surface area contributed by atoms with Crippen molar-refractivity contribution in [1.29, 1.82) is 0 Å². The monoisotopic (exact) mass is 348 g/mol. The number of rotatable bonds is 6. The summed E-state index contributed by atoms with van der Waals surface area (Å²) in [5.74, 6) is 0. The second kappa shape index (κ2) is 7.31. The minimum Gasteiger partial charge on any atom is -0.448 e. The van der Waals surface area contributed by atoms with E-state index in [2.05, 4.69) is 10.4 Å². The maximum absolute atomic E-state index is 11.5. The van der Waals surface area contributed by atoms with E-state index in [1.54, 1.807) is 4.90 Å². The molecule has 6 heteroatoms. The van der Waals surface area contributed by atoms with Crippen LogP contribution in [0.5, 0.6) is 0 Å². The van der Waals surface area contributed by atoms with Crippen molar-refractivity contribution in [2.24, 2.45) is 0 Å². The highest BCUT2D eigenvalue weighted by Crippen LogP contribution is 2.15. The molecule has 1 N–H and O–H groups in total. The molecule has 1 aromatic heterocycles. The number of cyclic esters (lactones) is 1. The van der Waals surface area contributed by atoms with E-state index in [4.69, 9.17) is 4.74 Å². The smallest absolute Gasteiger partial charge is 0.410 e. The van der Waals surface area contributed by atoms with Gasteiger partial charge in [0, 0.05) is 18.4 Å². The van der Waals surface area contributed by atoms with E-state index < -0.39 is 0 Å². The highest BCUT2D eigenvalue weighted by molar-refractivity contribution is 5.69. The van der Waals surface area contributed by atoms with Crippen molar-refractivity contribution < 1.29 is 9.53 Å². The summed E-state index contributed by atoms with van der Waals surface area (Å²) in [6.45, 7) is 2.37. The van der Waals surface area contributed by atoms with E-state index in [0.717, 1.165) is 22.6 Å². The van der Waals surface area contributed by atoms with Crippen LogP contribution in [0.4, 0.5) is 10.5 Å². The summed E-state index contributed by atoms with van der Waals surface area (Å²) in [4.78, 5) is 13.2. The van der Waals surface area contributed by atoms with Crippen molar-refractivity contribution in [3.8, 4) is 5.69 Å². The lowest BCUT2D eigenvalue weighted by Gasteiger charge is -2.13. The zero-order valence-corrected chi connectivity index (χ0v) is 14.3. The van der Waals surface area contributed by atoms with Crippen LogP contribution in [0.2, 0.25) is 0 Å². The molecular weight excluding hydrogens is 328 g/mol. The van der Waals surface area contributed by atoms with Crippen molar-refractivity contribution >= 4 is 11.8 Å². The van der Waals surface area contributed by atoms with Crippen LogP contribution in [-0.4, -0.2) is 33.9 Å². The quantitative estimate of drug-likeness (QED) is 0.741. The Kier molecular flexibility index (Phi) is 4.55. The largest absolute Gasteiger partial charge is 0.448 e. The van der Waals surface area contributed by atoms with Gasteiger partial charge in [-0.3, -0.25) is 0 Å². The highest BCUT2D eigenvalue weighted by Gasteiger charge is 2.21. The fraction of sp³-hybridized carbons (Fsp3) is 0.200. The van der Waals surface area contributed by atoms with Crippen molar-refractivity contribution in [2.75, 3.05) is 18.5 Å². The lowest BCUT2D eigenvalue weighted by molar-refractivity contribution is 0.157. The summed E-state index contributed by atoms with van der Waals surface area (Å²) in [6.07, 6.45) is 1.73. The predicted molar refractivity (Wildman–Crippen MR) is 99.1 cm³/mol. The third-order valence-electron chi connectivity index (χ3n) is 4.31. The molecular formula is C20H20N4O2. The van der Waals surface area contributed by atoms with Crippen molar-refractivity contribution in [3.05, 3.63) is 78.1 Å².